The van der Waals surface area contributed by atoms with Crippen LogP contribution in [0.25, 0.3) is 0 Å². The molecule has 1 fully saturated rings. The van der Waals surface area contributed by atoms with E-state index in [0.717, 1.165) is 5.56 Å². The predicted molar refractivity (Wildman–Crippen MR) is 68.6 cm³/mol. The highest BCUT2D eigenvalue weighted by atomic mass is 16.6. The van der Waals surface area contributed by atoms with E-state index < -0.39 is 12.1 Å². The fourth-order valence-electron chi connectivity index (χ4n) is 1.96. The molecule has 0 aliphatic carbocycles. The molecule has 19 heavy (non-hydrogen) atoms. The van der Waals surface area contributed by atoms with Crippen LogP contribution in [-0.2, 0) is 20.9 Å². The standard InChI is InChI=1S/C14H17NO4/c1-11(16)13-10-18-8-7-15(13)14(17)19-9-12-5-3-2-4-6-12/h2-6,13H,7-10H2,1H3. The van der Waals surface area contributed by atoms with Crippen LogP contribution in [0.2, 0.25) is 0 Å². The van der Waals surface area contributed by atoms with E-state index in [9.17, 15) is 9.59 Å². The van der Waals surface area contributed by atoms with Crippen molar-refractivity contribution in [1.82, 2.24) is 4.90 Å². The van der Waals surface area contributed by atoms with Gasteiger partial charge in [-0.05, 0) is 12.5 Å². The first kappa shape index (κ1) is 13.5. The van der Waals surface area contributed by atoms with Gasteiger partial charge < -0.3 is 9.47 Å². The highest BCUT2D eigenvalue weighted by Gasteiger charge is 2.31. The normalized spacial score (nSPS) is 19.0. The van der Waals surface area contributed by atoms with Crippen molar-refractivity contribution in [3.63, 3.8) is 0 Å². The molecule has 0 saturated carbocycles. The van der Waals surface area contributed by atoms with Crippen molar-refractivity contribution in [2.75, 3.05) is 19.8 Å². The van der Waals surface area contributed by atoms with Gasteiger partial charge in [0.15, 0.2) is 5.78 Å². The van der Waals surface area contributed by atoms with Gasteiger partial charge in [0.2, 0.25) is 0 Å². The Morgan fingerprint density at radius 3 is 2.79 bits per heavy atom. The molecule has 0 N–H and O–H groups in total. The Bertz CT molecular complexity index is 446. The highest BCUT2D eigenvalue weighted by molar-refractivity contribution is 5.85. The Hall–Kier alpha value is -1.88. The molecule has 1 aromatic rings. The van der Waals surface area contributed by atoms with Crippen molar-refractivity contribution in [1.29, 1.82) is 0 Å². The largest absolute Gasteiger partial charge is 0.445 e. The topological polar surface area (TPSA) is 55.8 Å². The third-order valence-corrected chi connectivity index (χ3v) is 3.04. The maximum absolute atomic E-state index is 12.0. The van der Waals surface area contributed by atoms with Crippen molar-refractivity contribution >= 4 is 11.9 Å². The zero-order valence-electron chi connectivity index (χ0n) is 10.9. The van der Waals surface area contributed by atoms with Crippen LogP contribution in [0.15, 0.2) is 30.3 Å². The molecule has 1 heterocycles. The van der Waals surface area contributed by atoms with Crippen LogP contribution in [0, 0.1) is 0 Å². The van der Waals surface area contributed by atoms with Crippen LogP contribution in [0.4, 0.5) is 4.79 Å². The molecular weight excluding hydrogens is 246 g/mol. The summed E-state index contributed by atoms with van der Waals surface area (Å²) in [6.45, 7) is 2.73. The lowest BCUT2D eigenvalue weighted by Crippen LogP contribution is -2.52. The molecule has 1 aromatic carbocycles. The van der Waals surface area contributed by atoms with E-state index in [4.69, 9.17) is 9.47 Å². The Labute approximate surface area is 112 Å². The Balaban J connectivity index is 1.93. The number of benzene rings is 1. The fraction of sp³-hybridized carbons (Fsp3) is 0.429. The van der Waals surface area contributed by atoms with Gasteiger partial charge in [-0.3, -0.25) is 9.69 Å². The van der Waals surface area contributed by atoms with Crippen molar-refractivity contribution in [3.8, 4) is 0 Å². The van der Waals surface area contributed by atoms with E-state index in [1.54, 1.807) is 0 Å². The van der Waals surface area contributed by atoms with E-state index in [-0.39, 0.29) is 19.0 Å². The molecule has 5 heteroatoms. The molecule has 5 nitrogen and oxygen atoms in total. The van der Waals surface area contributed by atoms with Crippen LogP contribution in [0.5, 0.6) is 0 Å². The Morgan fingerprint density at radius 2 is 2.11 bits per heavy atom. The number of ketones is 1. The molecular formula is C14H17NO4. The van der Waals surface area contributed by atoms with E-state index >= 15 is 0 Å². The molecule has 0 radical (unpaired) electrons. The molecule has 102 valence electrons. The number of morpholine rings is 1. The number of rotatable bonds is 3. The zero-order chi connectivity index (χ0) is 13.7. The van der Waals surface area contributed by atoms with Gasteiger partial charge in [0.05, 0.1) is 13.2 Å². The number of hydrogen-bond donors (Lipinski definition) is 0. The zero-order valence-corrected chi connectivity index (χ0v) is 10.9. The van der Waals surface area contributed by atoms with Crippen LogP contribution >= 0.6 is 0 Å². The fourth-order valence-corrected chi connectivity index (χ4v) is 1.96. The van der Waals surface area contributed by atoms with Gasteiger partial charge in [0.25, 0.3) is 0 Å². The number of carbonyl (C=O) groups is 2. The quantitative estimate of drug-likeness (QED) is 0.831. The maximum atomic E-state index is 12.0. The Morgan fingerprint density at radius 1 is 1.37 bits per heavy atom. The van der Waals surface area contributed by atoms with Crippen molar-refractivity contribution in [3.05, 3.63) is 35.9 Å². The first-order chi connectivity index (χ1) is 9.18. The lowest BCUT2D eigenvalue weighted by atomic mass is 10.2. The molecule has 1 aliphatic heterocycles. The molecule has 1 amide bonds. The first-order valence-corrected chi connectivity index (χ1v) is 6.24. The summed E-state index contributed by atoms with van der Waals surface area (Å²) >= 11 is 0. The second-order valence-electron chi connectivity index (χ2n) is 4.43. The van der Waals surface area contributed by atoms with E-state index in [2.05, 4.69) is 0 Å². The minimum absolute atomic E-state index is 0.0867. The van der Waals surface area contributed by atoms with Crippen LogP contribution < -0.4 is 0 Å². The molecule has 0 aromatic heterocycles. The van der Waals surface area contributed by atoms with Gasteiger partial charge in [-0.1, -0.05) is 30.3 Å². The van der Waals surface area contributed by atoms with Crippen molar-refractivity contribution < 1.29 is 19.1 Å². The Kier molecular flexibility index (Phi) is 4.52. The monoisotopic (exact) mass is 263 g/mol. The second kappa shape index (κ2) is 6.33. The average molecular weight is 263 g/mol. The first-order valence-electron chi connectivity index (χ1n) is 6.24. The van der Waals surface area contributed by atoms with Gasteiger partial charge in [-0.2, -0.15) is 0 Å². The number of ether oxygens (including phenoxy) is 2. The van der Waals surface area contributed by atoms with Gasteiger partial charge in [0, 0.05) is 6.54 Å². The lowest BCUT2D eigenvalue weighted by molar-refractivity contribution is -0.127. The average Bonchev–Trinajstić information content (AvgIpc) is 2.46. The number of amides is 1. The summed E-state index contributed by atoms with van der Waals surface area (Å²) in [5.74, 6) is -0.0867. The number of Topliss-reactive ketones (excluding diaryl/α,β-unsaturated/α-hetero) is 1. The molecule has 0 bridgehead atoms. The minimum Gasteiger partial charge on any atom is -0.445 e. The summed E-state index contributed by atoms with van der Waals surface area (Å²) in [4.78, 5) is 24.9. The third kappa shape index (κ3) is 3.54. The summed E-state index contributed by atoms with van der Waals surface area (Å²) in [5, 5.41) is 0. The van der Waals surface area contributed by atoms with Crippen molar-refractivity contribution in [2.24, 2.45) is 0 Å². The number of nitrogens with zero attached hydrogens (tertiary/aromatic N) is 1. The SMILES string of the molecule is CC(=O)C1COCCN1C(=O)OCc1ccccc1. The molecule has 1 unspecified atom stereocenters. The van der Waals surface area contributed by atoms with E-state index in [1.165, 1.54) is 11.8 Å². The van der Waals surface area contributed by atoms with Crippen LogP contribution in [0.1, 0.15) is 12.5 Å². The number of carbonyl (C=O) groups excluding carboxylic acids is 2. The predicted octanol–water partition coefficient (Wildman–Crippen LogP) is 1.61. The van der Waals surface area contributed by atoms with Crippen molar-refractivity contribution in [2.45, 2.75) is 19.6 Å². The molecule has 1 saturated heterocycles. The molecule has 1 atom stereocenters. The minimum atomic E-state index is -0.531. The maximum Gasteiger partial charge on any atom is 0.410 e. The third-order valence-electron chi connectivity index (χ3n) is 3.04. The summed E-state index contributed by atoms with van der Waals surface area (Å²) in [6.07, 6.45) is -0.465. The smallest absolute Gasteiger partial charge is 0.410 e. The van der Waals surface area contributed by atoms with E-state index in [0.29, 0.717) is 13.2 Å². The summed E-state index contributed by atoms with van der Waals surface area (Å²) in [5.41, 5.74) is 0.920. The molecule has 1 aliphatic rings. The van der Waals surface area contributed by atoms with Gasteiger partial charge >= 0.3 is 6.09 Å². The molecule has 0 spiro atoms. The summed E-state index contributed by atoms with van der Waals surface area (Å²) in [7, 11) is 0. The highest BCUT2D eigenvalue weighted by Crippen LogP contribution is 2.11. The van der Waals surface area contributed by atoms with Crippen LogP contribution in [-0.4, -0.2) is 42.6 Å². The van der Waals surface area contributed by atoms with Gasteiger partial charge in [0.1, 0.15) is 12.6 Å². The van der Waals surface area contributed by atoms with E-state index in [1.807, 2.05) is 30.3 Å². The summed E-state index contributed by atoms with van der Waals surface area (Å²) in [6, 6.07) is 8.91. The van der Waals surface area contributed by atoms with Gasteiger partial charge in [-0.25, -0.2) is 4.79 Å². The summed E-state index contributed by atoms with van der Waals surface area (Å²) < 4.78 is 10.4. The van der Waals surface area contributed by atoms with Crippen LogP contribution in [0.3, 0.4) is 0 Å². The van der Waals surface area contributed by atoms with Gasteiger partial charge in [-0.15, -0.1) is 0 Å². The lowest BCUT2D eigenvalue weighted by Gasteiger charge is -2.33. The second-order valence-corrected chi connectivity index (χ2v) is 4.43. The number of hydrogen-bond acceptors (Lipinski definition) is 4. The molecule has 2 rings (SSSR count).